The molecule has 0 radical (unpaired) electrons. The molecule has 220 valence electrons. The lowest BCUT2D eigenvalue weighted by Gasteiger charge is -2.37. The van der Waals surface area contributed by atoms with Crippen molar-refractivity contribution in [3.8, 4) is 5.75 Å². The molecule has 12 heteroatoms. The molecule has 0 bridgehead atoms. The number of hydrogen-bond acceptors (Lipinski definition) is 8. The van der Waals surface area contributed by atoms with Gasteiger partial charge in [-0.3, -0.25) is 19.4 Å². The predicted octanol–water partition coefficient (Wildman–Crippen LogP) is 1.98. The molecule has 3 fully saturated rings. The first-order chi connectivity index (χ1) is 19.0. The van der Waals surface area contributed by atoms with Crippen LogP contribution in [-0.2, 0) is 19.2 Å². The molecule has 0 spiro atoms. The topological polar surface area (TPSA) is 148 Å². The van der Waals surface area contributed by atoms with Gasteiger partial charge in [-0.1, -0.05) is 0 Å². The van der Waals surface area contributed by atoms with Crippen LogP contribution in [0.1, 0.15) is 39.5 Å². The lowest BCUT2D eigenvalue weighted by molar-refractivity contribution is -0.140. The molecule has 1 aromatic rings. The summed E-state index contributed by atoms with van der Waals surface area (Å²) in [4.78, 5) is 50.3. The first-order valence-corrected chi connectivity index (χ1v) is 13.6. The van der Waals surface area contributed by atoms with Crippen LogP contribution in [0.3, 0.4) is 0 Å². The van der Waals surface area contributed by atoms with E-state index in [1.165, 1.54) is 17.0 Å². The van der Waals surface area contributed by atoms with Crippen molar-refractivity contribution in [1.82, 2.24) is 9.80 Å². The van der Waals surface area contributed by atoms with Crippen molar-refractivity contribution < 1.29 is 43.6 Å². The fourth-order valence-electron chi connectivity index (χ4n) is 5.34. The third kappa shape index (κ3) is 8.49. The van der Waals surface area contributed by atoms with Crippen molar-refractivity contribution in [3.05, 3.63) is 36.2 Å². The second-order valence-electron chi connectivity index (χ2n) is 10.5. The van der Waals surface area contributed by atoms with Crippen molar-refractivity contribution in [2.24, 2.45) is 11.8 Å². The van der Waals surface area contributed by atoms with E-state index in [0.717, 1.165) is 44.8 Å². The van der Waals surface area contributed by atoms with Crippen LogP contribution in [-0.4, -0.2) is 100 Å². The third-order valence-corrected chi connectivity index (χ3v) is 7.21. The Kier molecular flexibility index (Phi) is 11.0. The summed E-state index contributed by atoms with van der Waals surface area (Å²) in [7, 11) is 0. The van der Waals surface area contributed by atoms with Gasteiger partial charge in [-0.25, -0.2) is 14.0 Å². The van der Waals surface area contributed by atoms with Crippen molar-refractivity contribution in [3.63, 3.8) is 0 Å². The van der Waals surface area contributed by atoms with Crippen molar-refractivity contribution in [2.75, 3.05) is 44.2 Å². The monoisotopic (exact) mass is 563 g/mol. The van der Waals surface area contributed by atoms with E-state index in [9.17, 15) is 28.7 Å². The van der Waals surface area contributed by atoms with Crippen LogP contribution in [0.5, 0.6) is 5.75 Å². The second kappa shape index (κ2) is 14.2. The Bertz CT molecular complexity index is 1090. The number of carbonyl (C=O) groups is 4. The number of imide groups is 1. The maximum atomic E-state index is 13.9. The van der Waals surface area contributed by atoms with Gasteiger partial charge in [0.2, 0.25) is 11.8 Å². The molecule has 1 saturated carbocycles. The molecule has 4 rings (SSSR count). The van der Waals surface area contributed by atoms with E-state index < -0.39 is 18.0 Å². The van der Waals surface area contributed by atoms with Gasteiger partial charge in [-0.05, 0) is 58.2 Å². The van der Waals surface area contributed by atoms with Gasteiger partial charge in [0, 0.05) is 50.9 Å². The van der Waals surface area contributed by atoms with E-state index in [0.29, 0.717) is 43.7 Å². The maximum absolute atomic E-state index is 13.9. The Labute approximate surface area is 232 Å². The van der Waals surface area contributed by atoms with Crippen molar-refractivity contribution in [1.29, 1.82) is 0 Å². The van der Waals surface area contributed by atoms with Gasteiger partial charge < -0.3 is 25.0 Å². The highest BCUT2D eigenvalue weighted by atomic mass is 19.1. The Hall–Kier alpha value is -3.51. The summed E-state index contributed by atoms with van der Waals surface area (Å²) < 4.78 is 19.7. The fraction of sp³-hybridized carbons (Fsp3) is 0.571. The number of fused-ring (bicyclic) bond motifs is 1. The molecule has 3 aliphatic rings. The number of piperazine rings is 1. The first-order valence-electron chi connectivity index (χ1n) is 13.6. The first kappa shape index (κ1) is 31.0. The minimum absolute atomic E-state index is 0.0172. The molecule has 1 aromatic carbocycles. The standard InChI is InChI=1S/C24H34FN3O4.C4H4O4/c1-16(2)32-22-7-4-17(25)14-21(22)27-12-10-26(11-13-27)8-3-9-28-23(30)19-6-5-18(29)15-20(19)24(28)31;5-3(6)1-2-4(7)8/h4,7,14,16,18-20,29H,3,5-6,8-13,15H2,1-2H3;1-2H,(H,5,6)(H,7,8). The second-order valence-corrected chi connectivity index (χ2v) is 10.5. The van der Waals surface area contributed by atoms with E-state index in [1.54, 1.807) is 6.07 Å². The number of carboxylic acid groups (broad SMARTS) is 2. The Morgan fingerprint density at radius 3 is 2.23 bits per heavy atom. The van der Waals surface area contributed by atoms with E-state index in [1.807, 2.05) is 13.8 Å². The van der Waals surface area contributed by atoms with Crippen LogP contribution in [0, 0.1) is 17.7 Å². The summed E-state index contributed by atoms with van der Waals surface area (Å²) in [6.07, 6.45) is 3.03. The third-order valence-electron chi connectivity index (χ3n) is 7.21. The molecule has 40 heavy (non-hydrogen) atoms. The maximum Gasteiger partial charge on any atom is 0.328 e. The van der Waals surface area contributed by atoms with Crippen molar-refractivity contribution in [2.45, 2.75) is 51.7 Å². The molecule has 2 amide bonds. The zero-order chi connectivity index (χ0) is 29.4. The molecule has 3 N–H and O–H groups in total. The summed E-state index contributed by atoms with van der Waals surface area (Å²) in [5.41, 5.74) is 0.788. The lowest BCUT2D eigenvalue weighted by atomic mass is 9.80. The number of carboxylic acids is 2. The van der Waals surface area contributed by atoms with Gasteiger partial charge in [-0.2, -0.15) is 0 Å². The number of nitrogens with zero attached hydrogens (tertiary/aromatic N) is 3. The van der Waals surface area contributed by atoms with E-state index in [-0.39, 0.29) is 35.6 Å². The number of aliphatic hydroxyl groups is 1. The van der Waals surface area contributed by atoms with Crippen LogP contribution in [0.2, 0.25) is 0 Å². The van der Waals surface area contributed by atoms with E-state index >= 15 is 0 Å². The van der Waals surface area contributed by atoms with Crippen LogP contribution in [0.15, 0.2) is 30.4 Å². The Morgan fingerprint density at radius 2 is 1.62 bits per heavy atom. The minimum Gasteiger partial charge on any atom is -0.489 e. The average Bonchev–Trinajstić information content (AvgIpc) is 3.13. The lowest BCUT2D eigenvalue weighted by Crippen LogP contribution is -2.47. The molecule has 3 atom stereocenters. The molecule has 11 nitrogen and oxygen atoms in total. The molecule has 2 heterocycles. The van der Waals surface area contributed by atoms with Crippen LogP contribution < -0.4 is 9.64 Å². The molecule has 1 aliphatic carbocycles. The highest BCUT2D eigenvalue weighted by molar-refractivity contribution is 6.05. The summed E-state index contributed by atoms with van der Waals surface area (Å²) in [6, 6.07) is 4.65. The van der Waals surface area contributed by atoms with E-state index in [4.69, 9.17) is 14.9 Å². The van der Waals surface area contributed by atoms with Gasteiger partial charge in [0.1, 0.15) is 11.6 Å². The number of rotatable bonds is 9. The van der Waals surface area contributed by atoms with Gasteiger partial charge in [0.05, 0.1) is 29.7 Å². The quantitative estimate of drug-likeness (QED) is 0.301. The van der Waals surface area contributed by atoms with Gasteiger partial charge in [0.15, 0.2) is 0 Å². The molecule has 2 aliphatic heterocycles. The van der Waals surface area contributed by atoms with Crippen LogP contribution >= 0.6 is 0 Å². The van der Waals surface area contributed by atoms with Crippen LogP contribution in [0.25, 0.3) is 0 Å². The number of anilines is 1. The molecule has 3 unspecified atom stereocenters. The SMILES string of the molecule is CC(C)Oc1ccc(F)cc1N1CCN(CCCN2C(=O)C3CCC(O)CC3C2=O)CC1.O=C(O)C=CC(=O)O. The van der Waals surface area contributed by atoms with Gasteiger partial charge in [-0.15, -0.1) is 0 Å². The molecular formula is C28H38FN3O8. The van der Waals surface area contributed by atoms with Gasteiger partial charge in [0.25, 0.3) is 0 Å². The summed E-state index contributed by atoms with van der Waals surface area (Å²) >= 11 is 0. The number of hydrogen-bond donors (Lipinski definition) is 3. The van der Waals surface area contributed by atoms with Crippen molar-refractivity contribution >= 4 is 29.4 Å². The smallest absolute Gasteiger partial charge is 0.328 e. The number of amides is 2. The Morgan fingerprint density at radius 1 is 1.00 bits per heavy atom. The number of ether oxygens (including phenoxy) is 1. The molecular weight excluding hydrogens is 525 g/mol. The highest BCUT2D eigenvalue weighted by Crippen LogP contribution is 2.38. The van der Waals surface area contributed by atoms with Gasteiger partial charge >= 0.3 is 11.9 Å². The summed E-state index contributed by atoms with van der Waals surface area (Å²) in [5.74, 6) is -2.81. The number of aliphatic hydroxyl groups excluding tert-OH is 1. The zero-order valence-corrected chi connectivity index (χ0v) is 22.9. The number of benzene rings is 1. The average molecular weight is 564 g/mol. The Balaban J connectivity index is 0.000000482. The minimum atomic E-state index is -1.26. The summed E-state index contributed by atoms with van der Waals surface area (Å²) in [6.45, 7) is 8.35. The predicted molar refractivity (Wildman–Crippen MR) is 143 cm³/mol. The fourth-order valence-corrected chi connectivity index (χ4v) is 5.34. The molecule has 0 aromatic heterocycles. The number of carbonyl (C=O) groups excluding carboxylic acids is 2. The number of likely N-dealkylation sites (tertiary alicyclic amines) is 1. The molecule has 2 saturated heterocycles. The highest BCUT2D eigenvalue weighted by Gasteiger charge is 2.49. The zero-order valence-electron chi connectivity index (χ0n) is 22.9. The number of halogens is 1. The number of aliphatic carboxylic acids is 2. The van der Waals surface area contributed by atoms with Crippen LogP contribution in [0.4, 0.5) is 10.1 Å². The summed E-state index contributed by atoms with van der Waals surface area (Å²) in [5, 5.41) is 25.5. The normalized spacial score (nSPS) is 23.3. The largest absolute Gasteiger partial charge is 0.489 e. The van der Waals surface area contributed by atoms with E-state index in [2.05, 4.69) is 9.80 Å².